The number of carbonyl (C=O) groups is 1. The molecule has 1 heterocycles. The maximum absolute atomic E-state index is 11.4. The number of unbranched alkanes of at least 4 members (excludes halogenated alkanes) is 1. The number of aromatic amines is 1. The molecule has 0 saturated carbocycles. The maximum atomic E-state index is 11.4. The van der Waals surface area contributed by atoms with Gasteiger partial charge in [-0.2, -0.15) is 0 Å². The molecule has 0 aliphatic carbocycles. The zero-order chi connectivity index (χ0) is 12.1. The summed E-state index contributed by atoms with van der Waals surface area (Å²) in [6, 6.07) is 1.54. The summed E-state index contributed by atoms with van der Waals surface area (Å²) in [5.41, 5.74) is 5.80. The zero-order valence-corrected chi connectivity index (χ0v) is 11.1. The Labute approximate surface area is 107 Å². The Bertz CT molecular complexity index is 442. The largest absolute Gasteiger partial charge is 0.396 e. The summed E-state index contributed by atoms with van der Waals surface area (Å²) in [7, 11) is 0. The highest BCUT2D eigenvalue weighted by Gasteiger charge is 2.07. The standard InChI is InChI=1S/C10H14IN3O2/c1-2-3-4-8(15)13-9-7(12)5-6(11)10(16)14-9/h5H,2-4,12H2,1H3,(H2,13,14,15,16). The highest BCUT2D eigenvalue weighted by molar-refractivity contribution is 14.1. The van der Waals surface area contributed by atoms with Crippen LogP contribution in [0.2, 0.25) is 0 Å². The predicted molar refractivity (Wildman–Crippen MR) is 72.3 cm³/mol. The Morgan fingerprint density at radius 3 is 2.94 bits per heavy atom. The van der Waals surface area contributed by atoms with Gasteiger partial charge in [0.05, 0.1) is 9.26 Å². The van der Waals surface area contributed by atoms with Crippen molar-refractivity contribution in [2.75, 3.05) is 11.1 Å². The number of amides is 1. The molecule has 5 nitrogen and oxygen atoms in total. The molecule has 6 heteroatoms. The average Bonchev–Trinajstić information content (AvgIpc) is 2.23. The molecule has 0 saturated heterocycles. The van der Waals surface area contributed by atoms with Gasteiger partial charge in [0.1, 0.15) is 5.82 Å². The molecule has 0 fully saturated rings. The molecule has 0 aliphatic heterocycles. The van der Waals surface area contributed by atoms with Gasteiger partial charge in [-0.1, -0.05) is 13.3 Å². The van der Waals surface area contributed by atoms with Crippen LogP contribution in [0.25, 0.3) is 0 Å². The van der Waals surface area contributed by atoms with E-state index in [1.807, 2.05) is 29.5 Å². The number of carbonyl (C=O) groups excluding carboxylic acids is 1. The van der Waals surface area contributed by atoms with Crippen molar-refractivity contribution in [3.63, 3.8) is 0 Å². The van der Waals surface area contributed by atoms with Crippen LogP contribution < -0.4 is 16.6 Å². The molecule has 0 atom stereocenters. The monoisotopic (exact) mass is 335 g/mol. The van der Waals surface area contributed by atoms with E-state index >= 15 is 0 Å². The summed E-state index contributed by atoms with van der Waals surface area (Å²) in [5, 5.41) is 2.59. The van der Waals surface area contributed by atoms with E-state index in [0.29, 0.717) is 15.7 Å². The normalized spacial score (nSPS) is 10.1. The van der Waals surface area contributed by atoms with Crippen LogP contribution in [-0.2, 0) is 4.79 Å². The second kappa shape index (κ2) is 5.88. The van der Waals surface area contributed by atoms with Gasteiger partial charge >= 0.3 is 0 Å². The molecule has 0 bridgehead atoms. The molecule has 0 spiro atoms. The number of nitrogen functional groups attached to an aromatic ring is 1. The first-order valence-corrected chi connectivity index (χ1v) is 6.10. The Hall–Kier alpha value is -1.05. The van der Waals surface area contributed by atoms with Crippen LogP contribution in [0.4, 0.5) is 11.5 Å². The van der Waals surface area contributed by atoms with Gasteiger partial charge in [-0.05, 0) is 35.1 Å². The molecular formula is C10H14IN3O2. The van der Waals surface area contributed by atoms with E-state index in [0.717, 1.165) is 12.8 Å². The third-order valence-electron chi connectivity index (χ3n) is 2.05. The van der Waals surface area contributed by atoms with Crippen LogP contribution in [0, 0.1) is 3.57 Å². The lowest BCUT2D eigenvalue weighted by molar-refractivity contribution is -0.116. The number of pyridine rings is 1. The molecule has 1 aromatic heterocycles. The summed E-state index contributed by atoms with van der Waals surface area (Å²) < 4.78 is 0.502. The first-order valence-electron chi connectivity index (χ1n) is 5.02. The number of hydrogen-bond donors (Lipinski definition) is 3. The molecule has 88 valence electrons. The van der Waals surface area contributed by atoms with Crippen LogP contribution in [0.3, 0.4) is 0 Å². The van der Waals surface area contributed by atoms with Gasteiger partial charge in [0, 0.05) is 6.42 Å². The second-order valence-electron chi connectivity index (χ2n) is 3.43. The molecule has 1 rings (SSSR count). The van der Waals surface area contributed by atoms with Gasteiger partial charge in [-0.25, -0.2) is 0 Å². The number of nitrogens with one attached hydrogen (secondary N) is 2. The number of rotatable bonds is 4. The second-order valence-corrected chi connectivity index (χ2v) is 4.59. The Kier molecular flexibility index (Phi) is 4.78. The van der Waals surface area contributed by atoms with Crippen LogP contribution in [0.1, 0.15) is 26.2 Å². The lowest BCUT2D eigenvalue weighted by Crippen LogP contribution is -2.19. The number of H-pyrrole nitrogens is 1. The van der Waals surface area contributed by atoms with Crippen LogP contribution >= 0.6 is 22.6 Å². The SMILES string of the molecule is CCCCC(=O)Nc1[nH]c(=O)c(I)cc1N. The highest BCUT2D eigenvalue weighted by atomic mass is 127. The fourth-order valence-corrected chi connectivity index (χ4v) is 1.63. The topological polar surface area (TPSA) is 88.0 Å². The van der Waals surface area contributed by atoms with E-state index in [2.05, 4.69) is 10.3 Å². The summed E-state index contributed by atoms with van der Waals surface area (Å²) in [6.07, 6.45) is 2.20. The molecule has 0 radical (unpaired) electrons. The van der Waals surface area contributed by atoms with E-state index < -0.39 is 0 Å². The van der Waals surface area contributed by atoms with Crippen LogP contribution in [0.5, 0.6) is 0 Å². The Balaban J connectivity index is 2.78. The summed E-state index contributed by atoms with van der Waals surface area (Å²) in [5.74, 6) is 0.150. The molecule has 0 unspecified atom stereocenters. The number of halogens is 1. The predicted octanol–water partition coefficient (Wildman–Crippen LogP) is 1.69. The lowest BCUT2D eigenvalue weighted by atomic mass is 10.2. The van der Waals surface area contributed by atoms with Gasteiger partial charge in [0.2, 0.25) is 5.91 Å². The zero-order valence-electron chi connectivity index (χ0n) is 8.97. The average molecular weight is 335 g/mol. The molecule has 0 aromatic carbocycles. The Morgan fingerprint density at radius 1 is 1.62 bits per heavy atom. The minimum absolute atomic E-state index is 0.134. The van der Waals surface area contributed by atoms with Crippen molar-refractivity contribution in [1.29, 1.82) is 0 Å². The van der Waals surface area contributed by atoms with E-state index in [-0.39, 0.29) is 17.3 Å². The van der Waals surface area contributed by atoms with E-state index in [1.54, 1.807) is 0 Å². The van der Waals surface area contributed by atoms with Gasteiger partial charge < -0.3 is 16.0 Å². The van der Waals surface area contributed by atoms with Crippen molar-refractivity contribution in [1.82, 2.24) is 4.98 Å². The van der Waals surface area contributed by atoms with Crippen molar-refractivity contribution in [2.45, 2.75) is 26.2 Å². The first kappa shape index (κ1) is 13.0. The third-order valence-corrected chi connectivity index (χ3v) is 2.85. The van der Waals surface area contributed by atoms with Crippen LogP contribution in [0.15, 0.2) is 10.9 Å². The minimum Gasteiger partial charge on any atom is -0.396 e. The summed E-state index contributed by atoms with van der Waals surface area (Å²) >= 11 is 1.89. The van der Waals surface area contributed by atoms with Crippen LogP contribution in [-0.4, -0.2) is 10.9 Å². The molecule has 4 N–H and O–H groups in total. The third kappa shape index (κ3) is 3.51. The fourth-order valence-electron chi connectivity index (χ4n) is 1.16. The smallest absolute Gasteiger partial charge is 0.263 e. The molecule has 1 amide bonds. The maximum Gasteiger partial charge on any atom is 0.263 e. The van der Waals surface area contributed by atoms with E-state index in [4.69, 9.17) is 5.73 Å². The quantitative estimate of drug-likeness (QED) is 0.732. The molecular weight excluding hydrogens is 321 g/mol. The van der Waals surface area contributed by atoms with Gasteiger partial charge in [-0.3, -0.25) is 9.59 Å². The molecule has 16 heavy (non-hydrogen) atoms. The number of hydrogen-bond acceptors (Lipinski definition) is 3. The summed E-state index contributed by atoms with van der Waals surface area (Å²) in [4.78, 5) is 25.3. The summed E-state index contributed by atoms with van der Waals surface area (Å²) in [6.45, 7) is 2.01. The van der Waals surface area contributed by atoms with Crippen molar-refractivity contribution in [3.05, 3.63) is 20.0 Å². The van der Waals surface area contributed by atoms with E-state index in [1.165, 1.54) is 6.07 Å². The number of aromatic nitrogens is 1. The number of nitrogens with two attached hydrogens (primary N) is 1. The fraction of sp³-hybridized carbons (Fsp3) is 0.400. The van der Waals surface area contributed by atoms with Gasteiger partial charge in [0.25, 0.3) is 5.56 Å². The molecule has 1 aromatic rings. The Morgan fingerprint density at radius 2 is 2.31 bits per heavy atom. The number of anilines is 2. The lowest BCUT2D eigenvalue weighted by Gasteiger charge is -2.07. The van der Waals surface area contributed by atoms with Gasteiger partial charge in [-0.15, -0.1) is 0 Å². The molecule has 0 aliphatic rings. The minimum atomic E-state index is -0.249. The first-order chi connectivity index (χ1) is 7.54. The van der Waals surface area contributed by atoms with Crippen molar-refractivity contribution in [3.8, 4) is 0 Å². The van der Waals surface area contributed by atoms with E-state index in [9.17, 15) is 9.59 Å². The van der Waals surface area contributed by atoms with Crippen molar-refractivity contribution >= 4 is 40.0 Å². The highest BCUT2D eigenvalue weighted by Crippen LogP contribution is 2.15. The van der Waals surface area contributed by atoms with Gasteiger partial charge in [0.15, 0.2) is 0 Å². The van der Waals surface area contributed by atoms with Crippen molar-refractivity contribution < 1.29 is 4.79 Å². The van der Waals surface area contributed by atoms with Crippen molar-refractivity contribution in [2.24, 2.45) is 0 Å².